The van der Waals surface area contributed by atoms with Crippen molar-refractivity contribution in [1.29, 1.82) is 0 Å². The number of sulfonamides is 1. The van der Waals surface area contributed by atoms with Crippen LogP contribution in [0.25, 0.3) is 0 Å². The second-order valence-corrected chi connectivity index (χ2v) is 7.85. The van der Waals surface area contributed by atoms with Gasteiger partial charge in [0, 0.05) is 0 Å². The molecule has 0 bridgehead atoms. The molecule has 0 amide bonds. The first kappa shape index (κ1) is 20.1. The monoisotopic (exact) mass is 375 g/mol. The van der Waals surface area contributed by atoms with Crippen LogP contribution in [0.3, 0.4) is 0 Å². The Morgan fingerprint density at radius 3 is 2.27 bits per heavy atom. The number of carbonyl (C=O) groups is 1. The summed E-state index contributed by atoms with van der Waals surface area (Å²) in [6.45, 7) is 2.11. The Balaban J connectivity index is 2.16. The van der Waals surface area contributed by atoms with Gasteiger partial charge in [0.1, 0.15) is 6.04 Å². The van der Waals surface area contributed by atoms with Gasteiger partial charge in [-0.1, -0.05) is 55.8 Å². The molecule has 2 rings (SSSR count). The normalized spacial score (nSPS) is 12.5. The molecule has 0 heterocycles. The molecule has 1 atom stereocenters. The molecule has 2 aromatic rings. The van der Waals surface area contributed by atoms with Crippen LogP contribution in [-0.2, 0) is 32.4 Å². The van der Waals surface area contributed by atoms with E-state index in [0.717, 1.165) is 30.4 Å². The number of hydrogen-bond acceptors (Lipinski definition) is 4. The molecule has 0 fully saturated rings. The summed E-state index contributed by atoms with van der Waals surface area (Å²) in [5.41, 5.74) is 1.94. The highest BCUT2D eigenvalue weighted by Crippen LogP contribution is 2.14. The SMILES string of the molecule is CCCCc1ccc(S(=O)(=O)NC(Cc2ccccc2)C(=O)OC)cc1. The van der Waals surface area contributed by atoms with Gasteiger partial charge >= 0.3 is 5.97 Å². The summed E-state index contributed by atoms with van der Waals surface area (Å²) in [4.78, 5) is 12.2. The van der Waals surface area contributed by atoms with E-state index in [2.05, 4.69) is 11.6 Å². The number of unbranched alkanes of at least 4 members (excludes halogenated alkanes) is 1. The Labute approximate surface area is 155 Å². The summed E-state index contributed by atoms with van der Waals surface area (Å²) >= 11 is 0. The maximum Gasteiger partial charge on any atom is 0.324 e. The molecule has 6 heteroatoms. The van der Waals surface area contributed by atoms with Crippen molar-refractivity contribution >= 4 is 16.0 Å². The average molecular weight is 375 g/mol. The second-order valence-electron chi connectivity index (χ2n) is 6.13. The van der Waals surface area contributed by atoms with E-state index in [9.17, 15) is 13.2 Å². The Morgan fingerprint density at radius 1 is 1.04 bits per heavy atom. The molecule has 0 saturated carbocycles. The zero-order chi connectivity index (χ0) is 19.0. The van der Waals surface area contributed by atoms with Gasteiger partial charge in [0.15, 0.2) is 0 Å². The van der Waals surface area contributed by atoms with Crippen LogP contribution in [0.4, 0.5) is 0 Å². The molecule has 0 saturated heterocycles. The van der Waals surface area contributed by atoms with Gasteiger partial charge in [0.25, 0.3) is 0 Å². The maximum absolute atomic E-state index is 12.7. The number of rotatable bonds is 9. The van der Waals surface area contributed by atoms with Crippen LogP contribution in [0.2, 0.25) is 0 Å². The van der Waals surface area contributed by atoms with E-state index in [4.69, 9.17) is 4.74 Å². The Kier molecular flexibility index (Phi) is 7.36. The summed E-state index contributed by atoms with van der Waals surface area (Å²) in [5.74, 6) is -0.614. The van der Waals surface area contributed by atoms with Crippen molar-refractivity contribution in [3.8, 4) is 0 Å². The van der Waals surface area contributed by atoms with Crippen LogP contribution < -0.4 is 4.72 Å². The van der Waals surface area contributed by atoms with E-state index < -0.39 is 22.0 Å². The molecular weight excluding hydrogens is 350 g/mol. The Morgan fingerprint density at radius 2 is 1.69 bits per heavy atom. The van der Waals surface area contributed by atoms with Crippen LogP contribution in [0.5, 0.6) is 0 Å². The van der Waals surface area contributed by atoms with Gasteiger partial charge in [0.2, 0.25) is 10.0 Å². The van der Waals surface area contributed by atoms with Crippen LogP contribution in [0, 0.1) is 0 Å². The highest BCUT2D eigenvalue weighted by molar-refractivity contribution is 7.89. The smallest absolute Gasteiger partial charge is 0.324 e. The summed E-state index contributed by atoms with van der Waals surface area (Å²) in [6, 6.07) is 15.0. The van der Waals surface area contributed by atoms with Gasteiger partial charge in [-0.05, 0) is 42.5 Å². The molecule has 26 heavy (non-hydrogen) atoms. The third-order valence-electron chi connectivity index (χ3n) is 4.12. The fourth-order valence-corrected chi connectivity index (χ4v) is 3.82. The van der Waals surface area contributed by atoms with Crippen LogP contribution >= 0.6 is 0 Å². The summed E-state index contributed by atoms with van der Waals surface area (Å²) < 4.78 is 32.6. The molecule has 0 aliphatic heterocycles. The first-order chi connectivity index (χ1) is 12.5. The first-order valence-electron chi connectivity index (χ1n) is 8.69. The van der Waals surface area contributed by atoms with Crippen LogP contribution in [-0.4, -0.2) is 27.5 Å². The molecule has 1 N–H and O–H groups in total. The summed E-state index contributed by atoms with van der Waals surface area (Å²) in [6.07, 6.45) is 3.29. The molecule has 140 valence electrons. The maximum atomic E-state index is 12.7. The largest absolute Gasteiger partial charge is 0.468 e. The minimum atomic E-state index is -3.82. The quantitative estimate of drug-likeness (QED) is 0.684. The lowest BCUT2D eigenvalue weighted by molar-refractivity contribution is -0.142. The van der Waals surface area contributed by atoms with E-state index in [0.29, 0.717) is 0 Å². The van der Waals surface area contributed by atoms with E-state index in [1.54, 1.807) is 12.1 Å². The zero-order valence-electron chi connectivity index (χ0n) is 15.1. The van der Waals surface area contributed by atoms with Crippen molar-refractivity contribution in [3.63, 3.8) is 0 Å². The highest BCUT2D eigenvalue weighted by atomic mass is 32.2. The number of methoxy groups -OCH3 is 1. The van der Waals surface area contributed by atoms with Gasteiger partial charge in [0.05, 0.1) is 12.0 Å². The van der Waals surface area contributed by atoms with Crippen LogP contribution in [0.15, 0.2) is 59.5 Å². The third-order valence-corrected chi connectivity index (χ3v) is 5.61. The lowest BCUT2D eigenvalue weighted by Gasteiger charge is -2.17. The summed E-state index contributed by atoms with van der Waals surface area (Å²) in [7, 11) is -2.58. The highest BCUT2D eigenvalue weighted by Gasteiger charge is 2.26. The Bertz CT molecular complexity index is 801. The van der Waals surface area contributed by atoms with E-state index in [1.807, 2.05) is 42.5 Å². The Hall–Kier alpha value is -2.18. The molecule has 5 nitrogen and oxygen atoms in total. The molecule has 0 radical (unpaired) electrons. The molecule has 0 spiro atoms. The first-order valence-corrected chi connectivity index (χ1v) is 10.2. The molecular formula is C20H25NO4S. The number of ether oxygens (including phenoxy) is 1. The van der Waals surface area contributed by atoms with Crippen molar-refractivity contribution in [2.75, 3.05) is 7.11 Å². The lowest BCUT2D eigenvalue weighted by atomic mass is 10.1. The fraction of sp³-hybridized carbons (Fsp3) is 0.350. The third kappa shape index (κ3) is 5.68. The number of aryl methyl sites for hydroxylation is 1. The second kappa shape index (κ2) is 9.50. The van der Waals surface area contributed by atoms with Gasteiger partial charge < -0.3 is 4.74 Å². The van der Waals surface area contributed by atoms with Crippen LogP contribution in [0.1, 0.15) is 30.9 Å². The lowest BCUT2D eigenvalue weighted by Crippen LogP contribution is -2.42. The fourth-order valence-electron chi connectivity index (χ4n) is 2.64. The van der Waals surface area contributed by atoms with E-state index >= 15 is 0 Å². The number of carbonyl (C=O) groups excluding carboxylic acids is 1. The molecule has 2 aromatic carbocycles. The molecule has 1 unspecified atom stereocenters. The number of nitrogens with one attached hydrogen (secondary N) is 1. The summed E-state index contributed by atoms with van der Waals surface area (Å²) in [5, 5.41) is 0. The number of hydrogen-bond donors (Lipinski definition) is 1. The van der Waals surface area contributed by atoms with Crippen molar-refractivity contribution in [2.45, 2.75) is 43.5 Å². The predicted octanol–water partition coefficient (Wildman–Crippen LogP) is 3.09. The number of esters is 1. The minimum absolute atomic E-state index is 0.139. The van der Waals surface area contributed by atoms with Crippen molar-refractivity contribution in [1.82, 2.24) is 4.72 Å². The minimum Gasteiger partial charge on any atom is -0.468 e. The molecule has 0 aliphatic rings. The topological polar surface area (TPSA) is 72.5 Å². The standard InChI is InChI=1S/C20H25NO4S/c1-3-4-8-16-11-13-18(14-12-16)26(23,24)21-19(20(22)25-2)15-17-9-6-5-7-10-17/h5-7,9-14,19,21H,3-4,8,15H2,1-2H3. The van der Waals surface area contributed by atoms with Gasteiger partial charge in [-0.15, -0.1) is 0 Å². The predicted molar refractivity (Wildman–Crippen MR) is 101 cm³/mol. The van der Waals surface area contributed by atoms with Gasteiger partial charge in [-0.2, -0.15) is 4.72 Å². The average Bonchev–Trinajstić information content (AvgIpc) is 2.66. The molecule has 0 aliphatic carbocycles. The molecule has 0 aromatic heterocycles. The van der Waals surface area contributed by atoms with Crippen molar-refractivity contribution in [2.24, 2.45) is 0 Å². The van der Waals surface area contributed by atoms with Gasteiger partial charge in [-0.3, -0.25) is 4.79 Å². The van der Waals surface area contributed by atoms with Crippen molar-refractivity contribution in [3.05, 3.63) is 65.7 Å². The van der Waals surface area contributed by atoms with E-state index in [-0.39, 0.29) is 11.3 Å². The van der Waals surface area contributed by atoms with Crippen molar-refractivity contribution < 1.29 is 17.9 Å². The zero-order valence-corrected chi connectivity index (χ0v) is 16.0. The van der Waals surface area contributed by atoms with Gasteiger partial charge in [-0.25, -0.2) is 8.42 Å². The number of benzene rings is 2. The van der Waals surface area contributed by atoms with E-state index in [1.165, 1.54) is 7.11 Å².